The van der Waals surface area contributed by atoms with E-state index in [4.69, 9.17) is 37.0 Å². The van der Waals surface area contributed by atoms with Crippen molar-refractivity contribution in [1.29, 1.82) is 0 Å². The summed E-state index contributed by atoms with van der Waals surface area (Å²) in [5, 5.41) is 10.6. The Morgan fingerprint density at radius 2 is 0.505 bits per heavy atom. The van der Waals surface area contributed by atoms with Crippen LogP contribution < -0.4 is 0 Å². The molecule has 0 bridgehead atoms. The molecule has 95 heavy (non-hydrogen) atoms. The van der Waals surface area contributed by atoms with Crippen LogP contribution in [0.1, 0.15) is 383 Å². The summed E-state index contributed by atoms with van der Waals surface area (Å²) in [6, 6.07) is 0. The number of esters is 4. The molecule has 0 saturated carbocycles. The highest BCUT2D eigenvalue weighted by Gasteiger charge is 2.30. The van der Waals surface area contributed by atoms with E-state index in [0.717, 1.165) is 114 Å². The van der Waals surface area contributed by atoms with Crippen LogP contribution in [0.3, 0.4) is 0 Å². The zero-order chi connectivity index (χ0) is 70.3. The van der Waals surface area contributed by atoms with Crippen LogP contribution in [-0.2, 0) is 65.4 Å². The highest BCUT2D eigenvalue weighted by atomic mass is 31.2. The zero-order valence-corrected chi connectivity index (χ0v) is 64.1. The average molecular weight is 1400 g/mol. The molecule has 0 amide bonds. The maximum Gasteiger partial charge on any atom is 0.472 e. The molecule has 0 aliphatic rings. The fraction of sp³-hybridized carbons (Fsp3) is 0.947. The van der Waals surface area contributed by atoms with Gasteiger partial charge in [0, 0.05) is 25.7 Å². The van der Waals surface area contributed by atoms with Crippen molar-refractivity contribution in [3.63, 3.8) is 0 Å². The van der Waals surface area contributed by atoms with Crippen LogP contribution in [0.4, 0.5) is 0 Å². The number of hydrogen-bond donors (Lipinski definition) is 3. The molecular weight excluding hydrogens is 1250 g/mol. The summed E-state index contributed by atoms with van der Waals surface area (Å²) in [4.78, 5) is 72.7. The van der Waals surface area contributed by atoms with Crippen LogP contribution in [0.2, 0.25) is 0 Å². The summed E-state index contributed by atoms with van der Waals surface area (Å²) in [5.41, 5.74) is 0. The lowest BCUT2D eigenvalue weighted by molar-refractivity contribution is -0.161. The first kappa shape index (κ1) is 93.1. The van der Waals surface area contributed by atoms with Crippen molar-refractivity contribution in [2.24, 2.45) is 23.7 Å². The summed E-state index contributed by atoms with van der Waals surface area (Å²) in [6.45, 7) is 14.2. The number of carbonyl (C=O) groups is 4. The highest BCUT2D eigenvalue weighted by Crippen LogP contribution is 2.45. The van der Waals surface area contributed by atoms with Gasteiger partial charge in [-0.05, 0) is 49.4 Å². The molecule has 0 fully saturated rings. The fourth-order valence-corrected chi connectivity index (χ4v) is 13.1. The third kappa shape index (κ3) is 67.6. The molecule has 0 rings (SSSR count). The molecular formula is C76H148O17P2. The molecule has 564 valence electrons. The molecule has 0 aromatic rings. The molecule has 4 unspecified atom stereocenters. The Hall–Kier alpha value is -1.94. The Labute approximate surface area is 581 Å². The van der Waals surface area contributed by atoms with Crippen LogP contribution in [0.15, 0.2) is 0 Å². The molecule has 0 aromatic carbocycles. The lowest BCUT2D eigenvalue weighted by Gasteiger charge is -2.21. The van der Waals surface area contributed by atoms with E-state index in [1.54, 1.807) is 0 Å². The summed E-state index contributed by atoms with van der Waals surface area (Å²) < 4.78 is 68.5. The first-order chi connectivity index (χ1) is 45.7. The van der Waals surface area contributed by atoms with Gasteiger partial charge >= 0.3 is 39.5 Å². The summed E-state index contributed by atoms with van der Waals surface area (Å²) in [6.07, 6.45) is 50.1. The summed E-state index contributed by atoms with van der Waals surface area (Å²) in [5.74, 6) is 0.931. The average Bonchev–Trinajstić information content (AvgIpc) is 3.41. The smallest absolute Gasteiger partial charge is 0.462 e. The SMILES string of the molecule is CCC(C)CCCCCCCCCCCCC(=O)OC[C@H](COP(=O)(O)OC[C@@H](O)COP(=O)(O)OC[C@@H](COC(=O)CCCCCCCCC(C)CC)OC(=O)CCCCCCCCCCCCCCCCCCCCC(C)C)OC(=O)CCCCCCCCCC(C)C. The minimum Gasteiger partial charge on any atom is -0.462 e. The number of aliphatic hydroxyl groups is 1. The Morgan fingerprint density at radius 3 is 0.747 bits per heavy atom. The minimum absolute atomic E-state index is 0.103. The second kappa shape index (κ2) is 65.4. The molecule has 17 nitrogen and oxygen atoms in total. The molecule has 3 N–H and O–H groups in total. The Bertz CT molecular complexity index is 1870. The molecule has 0 radical (unpaired) electrons. The second-order valence-corrected chi connectivity index (χ2v) is 31.7. The zero-order valence-electron chi connectivity index (χ0n) is 62.3. The molecule has 0 aliphatic carbocycles. The molecule has 0 saturated heterocycles. The van der Waals surface area contributed by atoms with Crippen molar-refractivity contribution in [2.45, 2.75) is 401 Å². The van der Waals surface area contributed by atoms with Crippen molar-refractivity contribution in [3.8, 4) is 0 Å². The first-order valence-corrected chi connectivity index (χ1v) is 42.3. The van der Waals surface area contributed by atoms with E-state index in [1.807, 2.05) is 0 Å². The topological polar surface area (TPSA) is 237 Å². The van der Waals surface area contributed by atoms with Crippen LogP contribution >= 0.6 is 15.6 Å². The predicted octanol–water partition coefficient (Wildman–Crippen LogP) is 22.0. The van der Waals surface area contributed by atoms with Crippen LogP contribution in [0.5, 0.6) is 0 Å². The number of aliphatic hydroxyl groups excluding tert-OH is 1. The number of ether oxygens (including phenoxy) is 4. The van der Waals surface area contributed by atoms with E-state index in [0.29, 0.717) is 31.6 Å². The molecule has 0 aliphatic heterocycles. The third-order valence-corrected chi connectivity index (χ3v) is 20.2. The molecule has 0 spiro atoms. The van der Waals surface area contributed by atoms with Gasteiger partial charge in [0.25, 0.3) is 0 Å². The molecule has 7 atom stereocenters. The normalized spacial score (nSPS) is 14.7. The van der Waals surface area contributed by atoms with Crippen molar-refractivity contribution >= 4 is 39.5 Å². The van der Waals surface area contributed by atoms with Crippen LogP contribution in [0, 0.1) is 23.7 Å². The molecule has 19 heteroatoms. The van der Waals surface area contributed by atoms with Gasteiger partial charge in [0.15, 0.2) is 12.2 Å². The van der Waals surface area contributed by atoms with E-state index in [1.165, 1.54) is 180 Å². The number of phosphoric ester groups is 2. The van der Waals surface area contributed by atoms with Gasteiger partial charge in [-0.2, -0.15) is 0 Å². The van der Waals surface area contributed by atoms with Crippen LogP contribution in [-0.4, -0.2) is 96.7 Å². The van der Waals surface area contributed by atoms with Gasteiger partial charge in [-0.1, -0.05) is 331 Å². The van der Waals surface area contributed by atoms with Gasteiger partial charge < -0.3 is 33.8 Å². The molecule has 0 heterocycles. The van der Waals surface area contributed by atoms with E-state index >= 15 is 0 Å². The number of rotatable bonds is 73. The maximum atomic E-state index is 13.1. The van der Waals surface area contributed by atoms with Crippen molar-refractivity contribution in [3.05, 3.63) is 0 Å². The van der Waals surface area contributed by atoms with Crippen molar-refractivity contribution in [1.82, 2.24) is 0 Å². The predicted molar refractivity (Wildman–Crippen MR) is 386 cm³/mol. The number of hydrogen-bond acceptors (Lipinski definition) is 15. The van der Waals surface area contributed by atoms with Gasteiger partial charge in [0.05, 0.1) is 26.4 Å². The second-order valence-electron chi connectivity index (χ2n) is 28.8. The summed E-state index contributed by atoms with van der Waals surface area (Å²) in [7, 11) is -9.91. The lowest BCUT2D eigenvalue weighted by Crippen LogP contribution is -2.30. The van der Waals surface area contributed by atoms with Gasteiger partial charge in [-0.15, -0.1) is 0 Å². The van der Waals surface area contributed by atoms with Gasteiger partial charge in [-0.3, -0.25) is 37.3 Å². The lowest BCUT2D eigenvalue weighted by atomic mass is 9.99. The highest BCUT2D eigenvalue weighted by molar-refractivity contribution is 7.47. The quantitative estimate of drug-likeness (QED) is 0.0222. The van der Waals surface area contributed by atoms with Gasteiger partial charge in [0.1, 0.15) is 19.3 Å². The van der Waals surface area contributed by atoms with E-state index < -0.39 is 97.5 Å². The van der Waals surface area contributed by atoms with Crippen molar-refractivity contribution in [2.75, 3.05) is 39.6 Å². The largest absolute Gasteiger partial charge is 0.472 e. The Balaban J connectivity index is 5.17. The Kier molecular flexibility index (Phi) is 64.0. The van der Waals surface area contributed by atoms with Gasteiger partial charge in [-0.25, -0.2) is 9.13 Å². The number of unbranched alkanes of at least 4 members (excludes halogenated alkanes) is 37. The van der Waals surface area contributed by atoms with E-state index in [-0.39, 0.29) is 25.7 Å². The fourth-order valence-electron chi connectivity index (χ4n) is 11.5. The van der Waals surface area contributed by atoms with Crippen LogP contribution in [0.25, 0.3) is 0 Å². The minimum atomic E-state index is -4.96. The van der Waals surface area contributed by atoms with Crippen molar-refractivity contribution < 1.29 is 80.2 Å². The monoisotopic (exact) mass is 1400 g/mol. The first-order valence-electron chi connectivity index (χ1n) is 39.3. The van der Waals surface area contributed by atoms with E-state index in [9.17, 15) is 43.2 Å². The standard InChI is InChI=1S/C76H148O17P2/c1-9-68(7)54-46-38-30-24-21-22-25-31-40-48-56-73(78)86-62-71(93-76(81)59-51-43-33-27-29-37-45-53-67(5)6)64-90-94(82,83)88-60-70(77)61-89-95(84,85)91-65-72(63-87-74(79)57-49-41-35-34-39-47-55-69(8)10-2)92-75(80)58-50-42-32-26-20-18-16-14-12-11-13-15-17-19-23-28-36-44-52-66(3)4/h66-72,77H,9-65H2,1-8H3,(H,82,83)(H,84,85)/t68?,69?,70-,71-,72-/m1/s1. The maximum absolute atomic E-state index is 13.1. The Morgan fingerprint density at radius 1 is 0.295 bits per heavy atom. The van der Waals surface area contributed by atoms with E-state index in [2.05, 4.69) is 55.4 Å². The summed E-state index contributed by atoms with van der Waals surface area (Å²) >= 11 is 0. The molecule has 0 aromatic heterocycles. The number of carbonyl (C=O) groups excluding carboxylic acids is 4. The third-order valence-electron chi connectivity index (χ3n) is 18.3. The number of phosphoric acid groups is 2. The van der Waals surface area contributed by atoms with Gasteiger partial charge in [0.2, 0.25) is 0 Å².